The van der Waals surface area contributed by atoms with Crippen LogP contribution in [0.4, 0.5) is 18.9 Å². The molecule has 0 fully saturated rings. The highest BCUT2D eigenvalue weighted by Gasteiger charge is 2.31. The molecule has 6 heteroatoms. The Morgan fingerprint density at radius 3 is 2.27 bits per heavy atom. The van der Waals surface area contributed by atoms with Crippen LogP contribution >= 0.6 is 15.9 Å². The Labute approximate surface area is 93.8 Å². The van der Waals surface area contributed by atoms with Gasteiger partial charge in [-0.1, -0.05) is 0 Å². The van der Waals surface area contributed by atoms with E-state index >= 15 is 0 Å². The van der Waals surface area contributed by atoms with Gasteiger partial charge in [-0.2, -0.15) is 0 Å². The monoisotopic (exact) mass is 283 g/mol. The van der Waals surface area contributed by atoms with Gasteiger partial charge in [0.2, 0.25) is 0 Å². The fourth-order valence-corrected chi connectivity index (χ4v) is 1.76. The lowest BCUT2D eigenvalue weighted by molar-refractivity contribution is -0.274. The minimum Gasteiger partial charge on any atom is -0.406 e. The van der Waals surface area contributed by atoms with E-state index in [4.69, 9.17) is 0 Å². The number of alkyl halides is 3. The van der Waals surface area contributed by atoms with Crippen LogP contribution in [0, 0.1) is 0 Å². The van der Waals surface area contributed by atoms with Gasteiger partial charge in [-0.15, -0.1) is 13.2 Å². The molecular formula is C9H9BrF3NO. The minimum atomic E-state index is -4.65. The maximum absolute atomic E-state index is 11.9. The molecule has 84 valence electrons. The first-order valence-electron chi connectivity index (χ1n) is 4.02. The lowest BCUT2D eigenvalue weighted by Gasteiger charge is -2.16. The molecule has 15 heavy (non-hydrogen) atoms. The topological polar surface area (TPSA) is 12.5 Å². The summed E-state index contributed by atoms with van der Waals surface area (Å²) in [7, 11) is 3.59. The lowest BCUT2D eigenvalue weighted by atomic mass is 10.3. The molecule has 0 aromatic heterocycles. The van der Waals surface area contributed by atoms with Crippen molar-refractivity contribution in [3.8, 4) is 5.75 Å². The van der Waals surface area contributed by atoms with Gasteiger partial charge >= 0.3 is 6.36 Å². The number of benzene rings is 1. The summed E-state index contributed by atoms with van der Waals surface area (Å²) in [4.78, 5) is 1.78. The van der Waals surface area contributed by atoms with Crippen molar-refractivity contribution in [2.24, 2.45) is 0 Å². The van der Waals surface area contributed by atoms with E-state index in [1.54, 1.807) is 25.1 Å². The third kappa shape index (κ3) is 3.62. The first-order chi connectivity index (χ1) is 6.79. The zero-order valence-corrected chi connectivity index (χ0v) is 9.69. The molecular weight excluding hydrogens is 275 g/mol. The molecule has 1 aromatic carbocycles. The Morgan fingerprint density at radius 1 is 1.27 bits per heavy atom. The predicted octanol–water partition coefficient (Wildman–Crippen LogP) is 3.41. The Morgan fingerprint density at radius 2 is 1.87 bits per heavy atom. The van der Waals surface area contributed by atoms with Crippen molar-refractivity contribution in [2.45, 2.75) is 6.36 Å². The summed E-state index contributed by atoms with van der Waals surface area (Å²) < 4.78 is 40.0. The van der Waals surface area contributed by atoms with E-state index in [1.807, 2.05) is 0 Å². The van der Waals surface area contributed by atoms with Crippen LogP contribution in [-0.4, -0.2) is 20.5 Å². The minimum absolute atomic E-state index is 0.236. The maximum Gasteiger partial charge on any atom is 0.573 e. The fraction of sp³-hybridized carbons (Fsp3) is 0.333. The molecule has 2 nitrogen and oxygen atoms in total. The van der Waals surface area contributed by atoms with Gasteiger partial charge in [0.1, 0.15) is 5.75 Å². The van der Waals surface area contributed by atoms with Crippen LogP contribution in [-0.2, 0) is 0 Å². The average Bonchev–Trinajstić information content (AvgIpc) is 1.99. The van der Waals surface area contributed by atoms with E-state index in [0.29, 0.717) is 4.47 Å². The van der Waals surface area contributed by atoms with E-state index in [9.17, 15) is 13.2 Å². The Bertz CT molecular complexity index is 352. The number of ether oxygens (including phenoxy) is 1. The second-order valence-corrected chi connectivity index (χ2v) is 3.91. The number of hydrogen-bond donors (Lipinski definition) is 0. The molecule has 0 radical (unpaired) electrons. The van der Waals surface area contributed by atoms with E-state index in [-0.39, 0.29) is 5.75 Å². The number of anilines is 1. The third-order valence-electron chi connectivity index (χ3n) is 1.63. The molecule has 0 saturated carbocycles. The normalized spacial score (nSPS) is 11.3. The van der Waals surface area contributed by atoms with Gasteiger partial charge in [0.05, 0.1) is 5.69 Å². The second kappa shape index (κ2) is 4.30. The SMILES string of the molecule is CN(C)c1ccc(OC(F)(F)F)cc1Br. The fourth-order valence-electron chi connectivity index (χ4n) is 1.05. The van der Waals surface area contributed by atoms with Gasteiger partial charge in [0.25, 0.3) is 0 Å². The van der Waals surface area contributed by atoms with Crippen molar-refractivity contribution < 1.29 is 17.9 Å². The summed E-state index contributed by atoms with van der Waals surface area (Å²) in [5.41, 5.74) is 0.782. The largest absolute Gasteiger partial charge is 0.573 e. The molecule has 0 amide bonds. The van der Waals surface area contributed by atoms with Gasteiger partial charge in [-0.3, -0.25) is 0 Å². The molecule has 0 N–H and O–H groups in total. The number of hydrogen-bond acceptors (Lipinski definition) is 2. The highest BCUT2D eigenvalue weighted by Crippen LogP contribution is 2.31. The van der Waals surface area contributed by atoms with Crippen LogP contribution in [0.1, 0.15) is 0 Å². The van der Waals surface area contributed by atoms with Crippen molar-refractivity contribution in [3.63, 3.8) is 0 Å². The first-order valence-corrected chi connectivity index (χ1v) is 4.81. The van der Waals surface area contributed by atoms with E-state index in [0.717, 1.165) is 5.69 Å². The summed E-state index contributed by atoms with van der Waals surface area (Å²) >= 11 is 3.17. The number of halogens is 4. The molecule has 0 aliphatic carbocycles. The lowest BCUT2D eigenvalue weighted by Crippen LogP contribution is -2.17. The average molecular weight is 284 g/mol. The van der Waals surface area contributed by atoms with Gasteiger partial charge in [0, 0.05) is 18.6 Å². The quantitative estimate of drug-likeness (QED) is 0.825. The molecule has 0 heterocycles. The van der Waals surface area contributed by atoms with E-state index in [2.05, 4.69) is 20.7 Å². The van der Waals surface area contributed by atoms with Crippen LogP contribution in [0.25, 0.3) is 0 Å². The zero-order valence-electron chi connectivity index (χ0n) is 8.10. The molecule has 0 bridgehead atoms. The predicted molar refractivity (Wildman–Crippen MR) is 55.2 cm³/mol. The van der Waals surface area contributed by atoms with Crippen LogP contribution in [0.2, 0.25) is 0 Å². The number of rotatable bonds is 2. The maximum atomic E-state index is 11.9. The van der Waals surface area contributed by atoms with Crippen LogP contribution in [0.3, 0.4) is 0 Å². The molecule has 0 saturated heterocycles. The molecule has 1 aromatic rings. The van der Waals surface area contributed by atoms with Gasteiger partial charge in [-0.05, 0) is 34.1 Å². The smallest absolute Gasteiger partial charge is 0.406 e. The third-order valence-corrected chi connectivity index (χ3v) is 2.27. The Kier molecular flexibility index (Phi) is 3.49. The Hall–Kier alpha value is -0.910. The molecule has 0 aliphatic rings. The molecule has 0 unspecified atom stereocenters. The molecule has 0 aliphatic heterocycles. The van der Waals surface area contributed by atoms with Gasteiger partial charge in [0.15, 0.2) is 0 Å². The van der Waals surface area contributed by atoms with Crippen molar-refractivity contribution in [2.75, 3.05) is 19.0 Å². The van der Waals surface area contributed by atoms with Crippen molar-refractivity contribution >= 4 is 21.6 Å². The summed E-state index contributed by atoms with van der Waals surface area (Å²) in [5, 5.41) is 0. The first kappa shape index (κ1) is 12.2. The highest BCUT2D eigenvalue weighted by atomic mass is 79.9. The van der Waals surface area contributed by atoms with Crippen LogP contribution < -0.4 is 9.64 Å². The van der Waals surface area contributed by atoms with Crippen molar-refractivity contribution in [3.05, 3.63) is 22.7 Å². The van der Waals surface area contributed by atoms with Crippen LogP contribution in [0.15, 0.2) is 22.7 Å². The Balaban J connectivity index is 2.92. The van der Waals surface area contributed by atoms with Gasteiger partial charge in [-0.25, -0.2) is 0 Å². The highest BCUT2D eigenvalue weighted by molar-refractivity contribution is 9.10. The summed E-state index contributed by atoms with van der Waals surface area (Å²) in [5.74, 6) is -0.236. The summed E-state index contributed by atoms with van der Waals surface area (Å²) in [6.07, 6.45) is -4.65. The summed E-state index contributed by atoms with van der Waals surface area (Å²) in [6, 6.07) is 4.10. The molecule has 0 atom stereocenters. The van der Waals surface area contributed by atoms with Crippen LogP contribution in [0.5, 0.6) is 5.75 Å². The van der Waals surface area contributed by atoms with Crippen molar-refractivity contribution in [1.82, 2.24) is 0 Å². The van der Waals surface area contributed by atoms with E-state index < -0.39 is 6.36 Å². The second-order valence-electron chi connectivity index (χ2n) is 3.06. The summed E-state index contributed by atoms with van der Waals surface area (Å²) in [6.45, 7) is 0. The van der Waals surface area contributed by atoms with Gasteiger partial charge < -0.3 is 9.64 Å². The zero-order chi connectivity index (χ0) is 11.6. The standard InChI is InChI=1S/C9H9BrF3NO/c1-14(2)8-4-3-6(5-7(8)10)15-9(11,12)13/h3-5H,1-2H3. The van der Waals surface area contributed by atoms with Crippen molar-refractivity contribution in [1.29, 1.82) is 0 Å². The van der Waals surface area contributed by atoms with E-state index in [1.165, 1.54) is 12.1 Å². The molecule has 0 spiro atoms. The number of nitrogens with zero attached hydrogens (tertiary/aromatic N) is 1. The molecule has 1 rings (SSSR count).